The molecule has 1 atom stereocenters. The van der Waals surface area contributed by atoms with Crippen LogP contribution in [0.15, 0.2) is 18.2 Å². The molecule has 1 aromatic carbocycles. The van der Waals surface area contributed by atoms with E-state index in [-0.39, 0.29) is 24.2 Å². The second-order valence-corrected chi connectivity index (χ2v) is 4.65. The first-order chi connectivity index (χ1) is 7.41. The normalized spacial score (nSPS) is 11.9. The van der Waals surface area contributed by atoms with Gasteiger partial charge in [0.15, 0.2) is 0 Å². The minimum atomic E-state index is -0.491. The summed E-state index contributed by atoms with van der Waals surface area (Å²) < 4.78 is 0. The Morgan fingerprint density at radius 1 is 1.41 bits per heavy atom. The van der Waals surface area contributed by atoms with Gasteiger partial charge >= 0.3 is 0 Å². The van der Waals surface area contributed by atoms with Crippen LogP contribution in [0.25, 0.3) is 0 Å². The van der Waals surface area contributed by atoms with Crippen molar-refractivity contribution in [2.75, 3.05) is 5.32 Å². The summed E-state index contributed by atoms with van der Waals surface area (Å²) >= 11 is 5.83. The van der Waals surface area contributed by atoms with E-state index < -0.39 is 6.04 Å². The number of amides is 1. The molecule has 3 nitrogen and oxygen atoms in total. The lowest BCUT2D eigenvalue weighted by molar-refractivity contribution is -0.118. The molecular formula is C12H18Cl2N2O. The van der Waals surface area contributed by atoms with E-state index in [1.54, 1.807) is 18.2 Å². The maximum absolute atomic E-state index is 11.7. The van der Waals surface area contributed by atoms with Gasteiger partial charge in [0.1, 0.15) is 0 Å². The second kappa shape index (κ2) is 6.84. The zero-order valence-corrected chi connectivity index (χ0v) is 11.7. The number of aryl methyl sites for hydroxylation is 1. The van der Waals surface area contributed by atoms with Crippen LogP contribution in [-0.4, -0.2) is 11.9 Å². The van der Waals surface area contributed by atoms with Gasteiger partial charge in [-0.2, -0.15) is 0 Å². The minimum absolute atomic E-state index is 0. The van der Waals surface area contributed by atoms with Crippen LogP contribution in [0.4, 0.5) is 5.69 Å². The summed E-state index contributed by atoms with van der Waals surface area (Å²) in [6.45, 7) is 5.72. The Hall–Kier alpha value is -0.770. The molecule has 0 radical (unpaired) electrons. The third kappa shape index (κ3) is 4.54. The summed E-state index contributed by atoms with van der Waals surface area (Å²) in [4.78, 5) is 11.7. The van der Waals surface area contributed by atoms with Gasteiger partial charge in [0.25, 0.3) is 0 Å². The summed E-state index contributed by atoms with van der Waals surface area (Å²) in [6.07, 6.45) is 0. The highest BCUT2D eigenvalue weighted by Crippen LogP contribution is 2.19. The molecule has 0 saturated carbocycles. The number of benzene rings is 1. The topological polar surface area (TPSA) is 55.1 Å². The lowest BCUT2D eigenvalue weighted by Crippen LogP contribution is -2.39. The molecule has 96 valence electrons. The van der Waals surface area contributed by atoms with Crippen molar-refractivity contribution in [3.63, 3.8) is 0 Å². The van der Waals surface area contributed by atoms with E-state index in [0.29, 0.717) is 5.02 Å². The van der Waals surface area contributed by atoms with E-state index >= 15 is 0 Å². The molecule has 3 N–H and O–H groups in total. The van der Waals surface area contributed by atoms with Gasteiger partial charge in [-0.25, -0.2) is 0 Å². The number of halogens is 2. The van der Waals surface area contributed by atoms with E-state index in [1.165, 1.54) is 0 Å². The number of hydrogen-bond acceptors (Lipinski definition) is 2. The molecule has 0 unspecified atom stereocenters. The van der Waals surface area contributed by atoms with Gasteiger partial charge < -0.3 is 11.1 Å². The van der Waals surface area contributed by atoms with Crippen molar-refractivity contribution in [1.82, 2.24) is 0 Å². The van der Waals surface area contributed by atoms with Gasteiger partial charge in [-0.3, -0.25) is 4.79 Å². The Morgan fingerprint density at radius 2 is 2.00 bits per heavy atom. The van der Waals surface area contributed by atoms with Crippen LogP contribution in [0.1, 0.15) is 19.4 Å². The fraction of sp³-hybridized carbons (Fsp3) is 0.417. The number of carbonyl (C=O) groups is 1. The summed E-state index contributed by atoms with van der Waals surface area (Å²) in [5.74, 6) is -0.0481. The number of nitrogens with two attached hydrogens (primary N) is 1. The molecule has 0 spiro atoms. The molecule has 1 rings (SSSR count). The molecule has 0 heterocycles. The SMILES string of the molecule is Cc1cc(Cl)ccc1NC(=O)[C@@H](N)C(C)C.Cl. The van der Waals surface area contributed by atoms with Crippen molar-refractivity contribution in [3.05, 3.63) is 28.8 Å². The van der Waals surface area contributed by atoms with E-state index in [9.17, 15) is 4.79 Å². The zero-order chi connectivity index (χ0) is 12.3. The van der Waals surface area contributed by atoms with Crippen LogP contribution in [0, 0.1) is 12.8 Å². The van der Waals surface area contributed by atoms with Gasteiger partial charge in [0, 0.05) is 10.7 Å². The predicted molar refractivity (Wildman–Crippen MR) is 74.9 cm³/mol. The zero-order valence-electron chi connectivity index (χ0n) is 10.2. The smallest absolute Gasteiger partial charge is 0.241 e. The monoisotopic (exact) mass is 276 g/mol. The maximum atomic E-state index is 11.7. The number of hydrogen-bond donors (Lipinski definition) is 2. The quantitative estimate of drug-likeness (QED) is 0.892. The molecule has 0 fully saturated rings. The van der Waals surface area contributed by atoms with Crippen LogP contribution in [0.3, 0.4) is 0 Å². The molecule has 0 aliphatic rings. The molecule has 1 aromatic rings. The third-order valence-corrected chi connectivity index (χ3v) is 2.70. The second-order valence-electron chi connectivity index (χ2n) is 4.22. The average molecular weight is 277 g/mol. The van der Waals surface area contributed by atoms with Gasteiger partial charge in [0.2, 0.25) is 5.91 Å². The molecule has 0 aliphatic carbocycles. The van der Waals surface area contributed by atoms with Crippen molar-refractivity contribution in [3.8, 4) is 0 Å². The average Bonchev–Trinajstić information content (AvgIpc) is 2.20. The van der Waals surface area contributed by atoms with Gasteiger partial charge in [-0.1, -0.05) is 25.4 Å². The predicted octanol–water partition coefficient (Wildman–Crippen LogP) is 2.99. The Bertz CT molecular complexity index is 394. The Balaban J connectivity index is 0.00000256. The van der Waals surface area contributed by atoms with Crippen molar-refractivity contribution >= 4 is 35.6 Å². The largest absolute Gasteiger partial charge is 0.324 e. The lowest BCUT2D eigenvalue weighted by Gasteiger charge is -2.16. The van der Waals surface area contributed by atoms with Crippen LogP contribution >= 0.6 is 24.0 Å². The van der Waals surface area contributed by atoms with E-state index in [2.05, 4.69) is 5.32 Å². The molecular weight excluding hydrogens is 259 g/mol. The highest BCUT2D eigenvalue weighted by molar-refractivity contribution is 6.30. The molecule has 17 heavy (non-hydrogen) atoms. The van der Waals surface area contributed by atoms with E-state index in [1.807, 2.05) is 20.8 Å². The van der Waals surface area contributed by atoms with E-state index in [0.717, 1.165) is 11.3 Å². The minimum Gasteiger partial charge on any atom is -0.324 e. The fourth-order valence-electron chi connectivity index (χ4n) is 1.29. The van der Waals surface area contributed by atoms with Crippen molar-refractivity contribution in [1.29, 1.82) is 0 Å². The first-order valence-electron chi connectivity index (χ1n) is 5.24. The highest BCUT2D eigenvalue weighted by Gasteiger charge is 2.17. The first kappa shape index (κ1) is 16.2. The van der Waals surface area contributed by atoms with Crippen LogP contribution < -0.4 is 11.1 Å². The number of carbonyl (C=O) groups excluding carboxylic acids is 1. The van der Waals surface area contributed by atoms with Gasteiger partial charge in [0.05, 0.1) is 6.04 Å². The van der Waals surface area contributed by atoms with E-state index in [4.69, 9.17) is 17.3 Å². The Labute approximate surface area is 113 Å². The highest BCUT2D eigenvalue weighted by atomic mass is 35.5. The summed E-state index contributed by atoms with van der Waals surface area (Å²) in [5.41, 5.74) is 7.43. The maximum Gasteiger partial charge on any atom is 0.241 e. The van der Waals surface area contributed by atoms with Crippen molar-refractivity contribution in [2.45, 2.75) is 26.8 Å². The summed E-state index contributed by atoms with van der Waals surface area (Å²) in [6, 6.07) is 4.83. The number of nitrogens with one attached hydrogen (secondary N) is 1. The number of anilines is 1. The molecule has 0 saturated heterocycles. The molecule has 0 aliphatic heterocycles. The summed E-state index contributed by atoms with van der Waals surface area (Å²) in [7, 11) is 0. The van der Waals surface area contributed by atoms with Gasteiger partial charge in [-0.05, 0) is 36.6 Å². The lowest BCUT2D eigenvalue weighted by atomic mass is 10.0. The Kier molecular flexibility index (Phi) is 6.53. The molecule has 0 bridgehead atoms. The van der Waals surface area contributed by atoms with Crippen LogP contribution in [0.5, 0.6) is 0 Å². The standard InChI is InChI=1S/C12H17ClN2O.ClH/c1-7(2)11(14)12(16)15-10-5-4-9(13)6-8(10)3;/h4-7,11H,14H2,1-3H3,(H,15,16);1H/t11-;/m0./s1. The number of rotatable bonds is 3. The van der Waals surface area contributed by atoms with Crippen molar-refractivity contribution in [2.24, 2.45) is 11.7 Å². The first-order valence-corrected chi connectivity index (χ1v) is 5.62. The Morgan fingerprint density at radius 3 is 2.47 bits per heavy atom. The van der Waals surface area contributed by atoms with Gasteiger partial charge in [-0.15, -0.1) is 12.4 Å². The van der Waals surface area contributed by atoms with Crippen LogP contribution in [-0.2, 0) is 4.79 Å². The molecule has 0 aromatic heterocycles. The molecule has 1 amide bonds. The van der Waals surface area contributed by atoms with Crippen LogP contribution in [0.2, 0.25) is 5.02 Å². The molecule has 5 heteroatoms. The summed E-state index contributed by atoms with van der Waals surface area (Å²) in [5, 5.41) is 3.45. The fourth-order valence-corrected chi connectivity index (χ4v) is 1.51. The third-order valence-electron chi connectivity index (χ3n) is 2.47. The van der Waals surface area contributed by atoms with Crippen molar-refractivity contribution < 1.29 is 4.79 Å².